The monoisotopic (exact) mass is 447 g/mol. The van der Waals surface area contributed by atoms with E-state index < -0.39 is 17.8 Å². The molecule has 32 heavy (non-hydrogen) atoms. The first-order valence-corrected chi connectivity index (χ1v) is 10.7. The molecule has 162 valence electrons. The number of hydrogen-bond donors (Lipinski definition) is 2. The first-order valence-electron chi connectivity index (χ1n) is 9.87. The van der Waals surface area contributed by atoms with E-state index in [1.807, 2.05) is 54.8 Å². The van der Waals surface area contributed by atoms with Crippen molar-refractivity contribution in [2.75, 3.05) is 19.0 Å². The molecule has 1 aliphatic heterocycles. The molecule has 1 aliphatic rings. The molecule has 2 aromatic carbocycles. The lowest BCUT2D eigenvalue weighted by atomic mass is 10.1. The number of rotatable bonds is 6. The van der Waals surface area contributed by atoms with Gasteiger partial charge < -0.3 is 15.4 Å². The highest BCUT2D eigenvalue weighted by Crippen LogP contribution is 2.29. The van der Waals surface area contributed by atoms with Crippen LogP contribution in [0.3, 0.4) is 0 Å². The van der Waals surface area contributed by atoms with Crippen LogP contribution < -0.4 is 15.4 Å². The van der Waals surface area contributed by atoms with Gasteiger partial charge in [-0.25, -0.2) is 9.69 Å². The maximum absolute atomic E-state index is 12.7. The minimum atomic E-state index is -0.620. The maximum Gasteiger partial charge on any atom is 0.329 e. The van der Waals surface area contributed by atoms with Crippen LogP contribution in [0.5, 0.6) is 5.75 Å². The largest absolute Gasteiger partial charge is 0.497 e. The van der Waals surface area contributed by atoms with E-state index in [0.29, 0.717) is 5.69 Å². The van der Waals surface area contributed by atoms with Gasteiger partial charge in [0, 0.05) is 10.6 Å². The third-order valence-electron chi connectivity index (χ3n) is 4.91. The SMILES string of the molecule is COc1cccc(-c2csc(/C=C3\NC(=O)N(CC(=O)Nc4ccc(C)cc4)C3=O)c2)c1. The number of imide groups is 1. The summed E-state index contributed by atoms with van der Waals surface area (Å²) in [5.74, 6) is -0.230. The van der Waals surface area contributed by atoms with Crippen molar-refractivity contribution in [3.63, 3.8) is 0 Å². The van der Waals surface area contributed by atoms with Crippen LogP contribution in [0.25, 0.3) is 17.2 Å². The van der Waals surface area contributed by atoms with Crippen LogP contribution in [0.15, 0.2) is 65.7 Å². The fraction of sp³-hybridized carbons (Fsp3) is 0.125. The fourth-order valence-electron chi connectivity index (χ4n) is 3.22. The Morgan fingerprint density at radius 2 is 1.91 bits per heavy atom. The highest BCUT2D eigenvalue weighted by atomic mass is 32.1. The van der Waals surface area contributed by atoms with Gasteiger partial charge in [-0.2, -0.15) is 0 Å². The Hall–Kier alpha value is -3.91. The number of urea groups is 1. The Kier molecular flexibility index (Phi) is 6.04. The molecule has 0 unspecified atom stereocenters. The van der Waals surface area contributed by atoms with Gasteiger partial charge in [-0.3, -0.25) is 9.59 Å². The maximum atomic E-state index is 12.7. The van der Waals surface area contributed by atoms with Gasteiger partial charge in [0.1, 0.15) is 18.0 Å². The molecule has 2 N–H and O–H groups in total. The van der Waals surface area contributed by atoms with Crippen LogP contribution in [0.2, 0.25) is 0 Å². The Balaban J connectivity index is 1.44. The number of anilines is 1. The zero-order chi connectivity index (χ0) is 22.7. The quantitative estimate of drug-likeness (QED) is 0.437. The second-order valence-electron chi connectivity index (χ2n) is 7.26. The van der Waals surface area contributed by atoms with Gasteiger partial charge in [0.15, 0.2) is 0 Å². The first kappa shape index (κ1) is 21.3. The van der Waals surface area contributed by atoms with E-state index in [9.17, 15) is 14.4 Å². The summed E-state index contributed by atoms with van der Waals surface area (Å²) < 4.78 is 5.26. The predicted octanol–water partition coefficient (Wildman–Crippen LogP) is 4.26. The van der Waals surface area contributed by atoms with Crippen molar-refractivity contribution in [3.05, 3.63) is 76.1 Å². The normalized spacial score (nSPS) is 14.6. The molecule has 4 rings (SSSR count). The molecule has 3 aromatic rings. The number of nitrogens with one attached hydrogen (secondary N) is 2. The molecule has 4 amide bonds. The molecule has 2 heterocycles. The van der Waals surface area contributed by atoms with Gasteiger partial charge in [-0.1, -0.05) is 29.8 Å². The van der Waals surface area contributed by atoms with Crippen molar-refractivity contribution in [1.82, 2.24) is 10.2 Å². The van der Waals surface area contributed by atoms with Crippen molar-refractivity contribution in [2.45, 2.75) is 6.92 Å². The lowest BCUT2D eigenvalue weighted by molar-refractivity contribution is -0.127. The van der Waals surface area contributed by atoms with E-state index in [1.54, 1.807) is 25.3 Å². The number of carbonyl (C=O) groups excluding carboxylic acids is 3. The van der Waals surface area contributed by atoms with Crippen LogP contribution in [0.4, 0.5) is 10.5 Å². The van der Waals surface area contributed by atoms with Crippen LogP contribution in [0, 0.1) is 6.92 Å². The van der Waals surface area contributed by atoms with Gasteiger partial charge in [-0.15, -0.1) is 11.3 Å². The van der Waals surface area contributed by atoms with Crippen LogP contribution in [-0.4, -0.2) is 36.4 Å². The molecular weight excluding hydrogens is 426 g/mol. The molecule has 0 bridgehead atoms. The molecule has 0 spiro atoms. The van der Waals surface area contributed by atoms with Crippen LogP contribution in [-0.2, 0) is 9.59 Å². The number of aryl methyl sites for hydroxylation is 1. The summed E-state index contributed by atoms with van der Waals surface area (Å²) in [4.78, 5) is 39.0. The summed E-state index contributed by atoms with van der Waals surface area (Å²) >= 11 is 1.45. The smallest absolute Gasteiger partial charge is 0.329 e. The van der Waals surface area contributed by atoms with Gasteiger partial charge >= 0.3 is 6.03 Å². The Morgan fingerprint density at radius 3 is 2.66 bits per heavy atom. The predicted molar refractivity (Wildman–Crippen MR) is 124 cm³/mol. The van der Waals surface area contributed by atoms with Gasteiger partial charge in [0.05, 0.1) is 7.11 Å². The number of methoxy groups -OCH3 is 1. The first-order chi connectivity index (χ1) is 15.4. The summed E-state index contributed by atoms with van der Waals surface area (Å²) in [6, 6.07) is 16.2. The number of benzene rings is 2. The van der Waals surface area contributed by atoms with Crippen LogP contribution in [0.1, 0.15) is 10.4 Å². The van der Waals surface area contributed by atoms with E-state index >= 15 is 0 Å². The van der Waals surface area contributed by atoms with E-state index in [1.165, 1.54) is 11.3 Å². The molecule has 1 fully saturated rings. The van der Waals surface area contributed by atoms with E-state index in [-0.39, 0.29) is 12.2 Å². The number of amides is 4. The number of carbonyl (C=O) groups is 3. The molecule has 0 aliphatic carbocycles. The molecule has 0 atom stereocenters. The molecule has 1 saturated heterocycles. The van der Waals surface area contributed by atoms with E-state index in [2.05, 4.69) is 10.6 Å². The summed E-state index contributed by atoms with van der Waals surface area (Å²) in [6.45, 7) is 1.58. The summed E-state index contributed by atoms with van der Waals surface area (Å²) in [5, 5.41) is 7.21. The third kappa shape index (κ3) is 4.70. The molecule has 8 heteroatoms. The number of ether oxygens (including phenoxy) is 1. The van der Waals surface area contributed by atoms with Crippen molar-refractivity contribution in [2.24, 2.45) is 0 Å². The molecule has 1 aromatic heterocycles. The lowest BCUT2D eigenvalue weighted by Gasteiger charge is -2.12. The summed E-state index contributed by atoms with van der Waals surface area (Å²) in [6.07, 6.45) is 1.62. The zero-order valence-corrected chi connectivity index (χ0v) is 18.4. The average Bonchev–Trinajstić information content (AvgIpc) is 3.36. The average molecular weight is 448 g/mol. The molecule has 0 saturated carbocycles. The second kappa shape index (κ2) is 9.07. The van der Waals surface area contributed by atoms with E-state index in [0.717, 1.165) is 32.2 Å². The number of hydrogen-bond acceptors (Lipinski definition) is 5. The highest BCUT2D eigenvalue weighted by molar-refractivity contribution is 7.11. The highest BCUT2D eigenvalue weighted by Gasteiger charge is 2.35. The Bertz CT molecular complexity index is 1210. The van der Waals surface area contributed by atoms with E-state index in [4.69, 9.17) is 4.74 Å². The molecule has 0 radical (unpaired) electrons. The second-order valence-corrected chi connectivity index (χ2v) is 8.21. The number of nitrogens with zero attached hydrogens (tertiary/aromatic N) is 1. The van der Waals surface area contributed by atoms with Crippen molar-refractivity contribution in [1.29, 1.82) is 0 Å². The Morgan fingerprint density at radius 1 is 1.12 bits per heavy atom. The lowest BCUT2D eigenvalue weighted by Crippen LogP contribution is -2.38. The van der Waals surface area contributed by atoms with Crippen LogP contribution >= 0.6 is 11.3 Å². The Labute approximate surface area is 189 Å². The van der Waals surface area contributed by atoms with Crippen molar-refractivity contribution >= 4 is 40.9 Å². The standard InChI is InChI=1S/C24H21N3O4S/c1-15-6-8-18(9-7-15)25-22(28)13-27-23(29)21(26-24(27)30)12-20-11-17(14-32-20)16-4-3-5-19(10-16)31-2/h3-12,14H,13H2,1-2H3,(H,25,28)(H,26,30)/b21-12-. The number of thiophene rings is 1. The van der Waals surface area contributed by atoms with Gasteiger partial charge in [-0.05, 0) is 59.8 Å². The van der Waals surface area contributed by atoms with Gasteiger partial charge in [0.2, 0.25) is 5.91 Å². The minimum absolute atomic E-state index is 0.136. The fourth-order valence-corrected chi connectivity index (χ4v) is 4.07. The molecule has 7 nitrogen and oxygen atoms in total. The topological polar surface area (TPSA) is 87.7 Å². The molecular formula is C24H21N3O4S. The van der Waals surface area contributed by atoms with Gasteiger partial charge in [0.25, 0.3) is 5.91 Å². The van der Waals surface area contributed by atoms with Crippen molar-refractivity contribution in [3.8, 4) is 16.9 Å². The minimum Gasteiger partial charge on any atom is -0.497 e. The third-order valence-corrected chi connectivity index (χ3v) is 5.79. The summed E-state index contributed by atoms with van der Waals surface area (Å²) in [5.41, 5.74) is 3.77. The van der Waals surface area contributed by atoms with Crippen molar-refractivity contribution < 1.29 is 19.1 Å². The zero-order valence-electron chi connectivity index (χ0n) is 17.5. The summed E-state index contributed by atoms with van der Waals surface area (Å²) in [7, 11) is 1.61.